The molecule has 1 atom stereocenters. The molecule has 1 aliphatic rings. The van der Waals surface area contributed by atoms with E-state index >= 15 is 0 Å². The second-order valence-electron chi connectivity index (χ2n) is 3.55. The largest absolute Gasteiger partial charge is 0.349 e. The molecular weight excluding hydrogens is 154 g/mol. The molecule has 1 rings (SSSR count). The van der Waals surface area contributed by atoms with Crippen molar-refractivity contribution in [2.45, 2.75) is 25.7 Å². The van der Waals surface area contributed by atoms with Crippen LogP contribution < -0.4 is 0 Å². The van der Waals surface area contributed by atoms with Gasteiger partial charge in [-0.25, -0.2) is 0 Å². The van der Waals surface area contributed by atoms with Gasteiger partial charge in [0.25, 0.3) is 0 Å². The molecule has 1 fully saturated rings. The summed E-state index contributed by atoms with van der Waals surface area (Å²) < 4.78 is 0. The first kappa shape index (κ1) is 9.23. The van der Waals surface area contributed by atoms with Crippen LogP contribution in [0.1, 0.15) is 25.7 Å². The van der Waals surface area contributed by atoms with Crippen LogP contribution in [0.15, 0.2) is 0 Å². The van der Waals surface area contributed by atoms with Gasteiger partial charge in [-0.1, -0.05) is 0 Å². The Labute approximate surface area is 72.7 Å². The highest BCUT2D eigenvalue weighted by Gasteiger charge is 2.26. The Kier molecular flexibility index (Phi) is 2.84. The van der Waals surface area contributed by atoms with Crippen LogP contribution in [0, 0.1) is 5.92 Å². The lowest BCUT2D eigenvalue weighted by Gasteiger charge is -2.12. The Morgan fingerprint density at radius 1 is 1.58 bits per heavy atom. The van der Waals surface area contributed by atoms with E-state index < -0.39 is 0 Å². The topological polar surface area (TPSA) is 37.4 Å². The Bertz CT molecular complexity index is 199. The predicted molar refractivity (Wildman–Crippen MR) is 45.7 cm³/mol. The van der Waals surface area contributed by atoms with E-state index in [2.05, 4.69) is 0 Å². The second kappa shape index (κ2) is 3.70. The minimum absolute atomic E-state index is 0.0138. The quantitative estimate of drug-likeness (QED) is 0.614. The number of hydrogen-bond donors (Lipinski definition) is 0. The van der Waals surface area contributed by atoms with Crippen molar-refractivity contribution >= 4 is 11.7 Å². The van der Waals surface area contributed by atoms with Gasteiger partial charge < -0.3 is 4.90 Å². The molecule has 3 heteroatoms. The highest BCUT2D eigenvalue weighted by atomic mass is 16.2. The summed E-state index contributed by atoms with van der Waals surface area (Å²) >= 11 is 0. The van der Waals surface area contributed by atoms with Crippen molar-refractivity contribution in [1.82, 2.24) is 4.90 Å². The molecule has 0 saturated heterocycles. The fraction of sp³-hybridized carbons (Fsp3) is 0.778. The minimum atomic E-state index is 0.0138. The van der Waals surface area contributed by atoms with Crippen molar-refractivity contribution < 1.29 is 9.59 Å². The van der Waals surface area contributed by atoms with E-state index in [-0.39, 0.29) is 17.6 Å². The predicted octanol–water partition coefficient (Wildman–Crippen LogP) is 0.834. The first-order valence-electron chi connectivity index (χ1n) is 4.34. The summed E-state index contributed by atoms with van der Waals surface area (Å²) in [4.78, 5) is 23.9. The van der Waals surface area contributed by atoms with Crippen molar-refractivity contribution in [3.63, 3.8) is 0 Å². The van der Waals surface area contributed by atoms with Crippen LogP contribution in [-0.4, -0.2) is 30.7 Å². The first-order chi connectivity index (χ1) is 5.61. The Morgan fingerprint density at radius 2 is 2.25 bits per heavy atom. The maximum Gasteiger partial charge on any atom is 0.222 e. The van der Waals surface area contributed by atoms with E-state index in [0.717, 1.165) is 12.8 Å². The monoisotopic (exact) mass is 169 g/mol. The van der Waals surface area contributed by atoms with Gasteiger partial charge in [0.15, 0.2) is 0 Å². The Hall–Kier alpha value is -0.860. The number of Topliss-reactive ketones (excluding diaryl/α,β-unsaturated/α-hetero) is 1. The van der Waals surface area contributed by atoms with Crippen LogP contribution in [0.4, 0.5) is 0 Å². The summed E-state index contributed by atoms with van der Waals surface area (Å²) in [5.74, 6) is 0.348. The second-order valence-corrected chi connectivity index (χ2v) is 3.55. The molecule has 0 aromatic carbocycles. The molecule has 12 heavy (non-hydrogen) atoms. The Morgan fingerprint density at radius 3 is 2.67 bits per heavy atom. The third kappa shape index (κ3) is 2.06. The molecule has 68 valence electrons. The number of rotatable bonds is 2. The van der Waals surface area contributed by atoms with E-state index in [1.807, 2.05) is 0 Å². The van der Waals surface area contributed by atoms with Crippen molar-refractivity contribution in [2.75, 3.05) is 14.1 Å². The SMILES string of the molecule is CN(C)C(=O)CC1CCCC1=O. The van der Waals surface area contributed by atoms with Crippen molar-refractivity contribution in [2.24, 2.45) is 5.92 Å². The van der Waals surface area contributed by atoms with Gasteiger partial charge in [-0.05, 0) is 12.8 Å². The van der Waals surface area contributed by atoms with Gasteiger partial charge in [-0.3, -0.25) is 9.59 Å². The lowest BCUT2D eigenvalue weighted by molar-refractivity contribution is -0.132. The molecule has 0 radical (unpaired) electrons. The third-order valence-electron chi connectivity index (χ3n) is 2.35. The van der Waals surface area contributed by atoms with E-state index in [1.165, 1.54) is 0 Å². The number of ketones is 1. The van der Waals surface area contributed by atoms with Gasteiger partial charge >= 0.3 is 0 Å². The van der Waals surface area contributed by atoms with Crippen LogP contribution in [0.25, 0.3) is 0 Å². The molecule has 0 heterocycles. The van der Waals surface area contributed by atoms with Crippen molar-refractivity contribution in [3.8, 4) is 0 Å². The molecule has 1 aliphatic carbocycles. The number of hydrogen-bond acceptors (Lipinski definition) is 2. The van der Waals surface area contributed by atoms with Crippen LogP contribution in [0.3, 0.4) is 0 Å². The molecule has 1 saturated carbocycles. The molecule has 3 nitrogen and oxygen atoms in total. The maximum absolute atomic E-state index is 11.2. The van der Waals surface area contributed by atoms with Gasteiger partial charge in [0.1, 0.15) is 5.78 Å². The van der Waals surface area contributed by atoms with Gasteiger partial charge in [0.2, 0.25) is 5.91 Å². The smallest absolute Gasteiger partial charge is 0.222 e. The number of amides is 1. The van der Waals surface area contributed by atoms with E-state index in [4.69, 9.17) is 0 Å². The minimum Gasteiger partial charge on any atom is -0.349 e. The molecular formula is C9H15NO2. The fourth-order valence-electron chi connectivity index (χ4n) is 1.50. The average molecular weight is 169 g/mol. The molecule has 0 N–H and O–H groups in total. The highest BCUT2D eigenvalue weighted by Crippen LogP contribution is 2.24. The molecule has 0 aromatic heterocycles. The molecule has 0 bridgehead atoms. The summed E-state index contributed by atoms with van der Waals surface area (Å²) in [5.41, 5.74) is 0. The normalized spacial score (nSPS) is 22.8. The summed E-state index contributed by atoms with van der Waals surface area (Å²) in [6.07, 6.45) is 2.94. The number of nitrogens with zero attached hydrogens (tertiary/aromatic N) is 1. The van der Waals surface area contributed by atoms with Gasteiger partial charge in [-0.15, -0.1) is 0 Å². The van der Waals surface area contributed by atoms with Gasteiger partial charge in [0, 0.05) is 32.9 Å². The molecule has 1 amide bonds. The zero-order chi connectivity index (χ0) is 9.14. The zero-order valence-electron chi connectivity index (χ0n) is 7.67. The third-order valence-corrected chi connectivity index (χ3v) is 2.35. The van der Waals surface area contributed by atoms with Crippen LogP contribution in [0.2, 0.25) is 0 Å². The zero-order valence-corrected chi connectivity index (χ0v) is 7.67. The van der Waals surface area contributed by atoms with Gasteiger partial charge in [-0.2, -0.15) is 0 Å². The van der Waals surface area contributed by atoms with E-state index in [1.54, 1.807) is 19.0 Å². The molecule has 0 aliphatic heterocycles. The van der Waals surface area contributed by atoms with Crippen molar-refractivity contribution in [3.05, 3.63) is 0 Å². The standard InChI is InChI=1S/C9H15NO2/c1-10(2)9(12)6-7-4-3-5-8(7)11/h7H,3-6H2,1-2H3. The van der Waals surface area contributed by atoms with Crippen molar-refractivity contribution in [1.29, 1.82) is 0 Å². The summed E-state index contributed by atoms with van der Waals surface area (Å²) in [5, 5.41) is 0. The van der Waals surface area contributed by atoms with E-state index in [0.29, 0.717) is 12.8 Å². The summed E-state index contributed by atoms with van der Waals surface area (Å²) in [6, 6.07) is 0. The molecule has 0 spiro atoms. The number of carbonyl (C=O) groups excluding carboxylic acids is 2. The average Bonchev–Trinajstić information content (AvgIpc) is 2.36. The lowest BCUT2D eigenvalue weighted by Crippen LogP contribution is -2.25. The van der Waals surface area contributed by atoms with Crippen LogP contribution in [0.5, 0.6) is 0 Å². The Balaban J connectivity index is 2.40. The number of carbonyl (C=O) groups is 2. The first-order valence-corrected chi connectivity index (χ1v) is 4.34. The molecule has 0 aromatic rings. The van der Waals surface area contributed by atoms with Gasteiger partial charge in [0.05, 0.1) is 0 Å². The maximum atomic E-state index is 11.2. The van der Waals surface area contributed by atoms with E-state index in [9.17, 15) is 9.59 Å². The van der Waals surface area contributed by atoms with Crippen LogP contribution in [-0.2, 0) is 9.59 Å². The fourth-order valence-corrected chi connectivity index (χ4v) is 1.50. The lowest BCUT2D eigenvalue weighted by atomic mass is 10.0. The summed E-state index contributed by atoms with van der Waals surface area (Å²) in [6.45, 7) is 0. The van der Waals surface area contributed by atoms with Crippen LogP contribution >= 0.6 is 0 Å². The summed E-state index contributed by atoms with van der Waals surface area (Å²) in [7, 11) is 3.45. The molecule has 1 unspecified atom stereocenters. The highest BCUT2D eigenvalue weighted by molar-refractivity contribution is 5.88.